The van der Waals surface area contributed by atoms with Crippen molar-refractivity contribution in [2.24, 2.45) is 5.92 Å². The van der Waals surface area contributed by atoms with E-state index >= 15 is 0 Å². The summed E-state index contributed by atoms with van der Waals surface area (Å²) in [6, 6.07) is 10.6. The van der Waals surface area contributed by atoms with Crippen LogP contribution in [0.4, 0.5) is 23.9 Å². The highest BCUT2D eigenvalue weighted by atomic mass is 32.2. The molecule has 0 spiro atoms. The molecule has 202 valence electrons. The summed E-state index contributed by atoms with van der Waals surface area (Å²) in [5, 5.41) is 5.28. The summed E-state index contributed by atoms with van der Waals surface area (Å²) in [6.07, 6.45) is 2.23. The van der Waals surface area contributed by atoms with Crippen LogP contribution in [-0.2, 0) is 17.5 Å². The lowest BCUT2D eigenvalue weighted by atomic mass is 9.96. The van der Waals surface area contributed by atoms with E-state index in [2.05, 4.69) is 30.5 Å². The van der Waals surface area contributed by atoms with Gasteiger partial charge in [-0.1, -0.05) is 18.2 Å². The topological polar surface area (TPSA) is 100 Å². The average molecular weight is 555 g/mol. The molecule has 39 heavy (non-hydrogen) atoms. The number of aromatic nitrogens is 3. The van der Waals surface area contributed by atoms with Crippen LogP contribution in [-0.4, -0.2) is 45.7 Å². The van der Waals surface area contributed by atoms with E-state index < -0.39 is 22.9 Å². The maximum Gasteiger partial charge on any atom is 0.416 e. The molecule has 0 unspecified atom stereocenters. The third-order valence-electron chi connectivity index (χ3n) is 6.59. The van der Waals surface area contributed by atoms with Gasteiger partial charge in [0.1, 0.15) is 0 Å². The first-order valence-electron chi connectivity index (χ1n) is 12.4. The Balaban J connectivity index is 1.15. The summed E-state index contributed by atoms with van der Waals surface area (Å²) in [5.41, 5.74) is 1.68. The molecule has 0 bridgehead atoms. The molecule has 2 aliphatic rings. The molecule has 0 aliphatic carbocycles. The van der Waals surface area contributed by atoms with Gasteiger partial charge in [0.2, 0.25) is 5.95 Å². The summed E-state index contributed by atoms with van der Waals surface area (Å²) >= 11 is 0.849. The van der Waals surface area contributed by atoms with Crippen molar-refractivity contribution < 1.29 is 22.8 Å². The molecule has 2 fully saturated rings. The van der Waals surface area contributed by atoms with Crippen LogP contribution >= 0.6 is 11.8 Å². The fourth-order valence-corrected chi connectivity index (χ4v) is 5.25. The predicted molar refractivity (Wildman–Crippen MR) is 142 cm³/mol. The number of hydrogen-bond acceptors (Lipinski definition) is 8. The number of thioether (sulfide) groups is 1. The molecule has 2 amide bonds. The van der Waals surface area contributed by atoms with Crippen molar-refractivity contribution in [3.05, 3.63) is 76.6 Å². The van der Waals surface area contributed by atoms with Crippen molar-refractivity contribution in [1.29, 1.82) is 0 Å². The van der Waals surface area contributed by atoms with Gasteiger partial charge in [-0.15, -0.1) is 0 Å². The lowest BCUT2D eigenvalue weighted by molar-refractivity contribution is -0.137. The Kier molecular flexibility index (Phi) is 7.94. The first kappa shape index (κ1) is 26.8. The van der Waals surface area contributed by atoms with Crippen molar-refractivity contribution >= 4 is 34.9 Å². The van der Waals surface area contributed by atoms with Crippen molar-refractivity contribution in [2.75, 3.05) is 24.5 Å². The number of nitrogens with one attached hydrogen (secondary N) is 2. The number of rotatable bonds is 7. The molecule has 2 aliphatic heterocycles. The zero-order valence-corrected chi connectivity index (χ0v) is 21.6. The van der Waals surface area contributed by atoms with Gasteiger partial charge in [-0.3, -0.25) is 19.9 Å². The van der Waals surface area contributed by atoms with E-state index in [9.17, 15) is 22.8 Å². The van der Waals surface area contributed by atoms with Crippen molar-refractivity contribution in [2.45, 2.75) is 25.6 Å². The van der Waals surface area contributed by atoms with Gasteiger partial charge in [0, 0.05) is 37.6 Å². The molecule has 8 nitrogen and oxygen atoms in total. The zero-order valence-electron chi connectivity index (χ0n) is 20.7. The van der Waals surface area contributed by atoms with Crippen LogP contribution in [0, 0.1) is 5.92 Å². The molecule has 0 atom stereocenters. The number of anilines is 1. The second kappa shape index (κ2) is 11.5. The molecule has 0 radical (unpaired) electrons. The zero-order chi connectivity index (χ0) is 27.4. The highest BCUT2D eigenvalue weighted by Crippen LogP contribution is 2.32. The molecule has 5 rings (SSSR count). The van der Waals surface area contributed by atoms with Gasteiger partial charge in [-0.25, -0.2) is 9.97 Å². The van der Waals surface area contributed by atoms with E-state index in [1.165, 1.54) is 6.07 Å². The fourth-order valence-electron chi connectivity index (χ4n) is 4.58. The number of carbonyl (C=O) groups excluding carboxylic acids is 2. The number of benzene rings is 1. The van der Waals surface area contributed by atoms with Crippen LogP contribution < -0.4 is 15.5 Å². The van der Waals surface area contributed by atoms with Gasteiger partial charge in [0.05, 0.1) is 21.9 Å². The molecule has 12 heteroatoms. The predicted octanol–water partition coefficient (Wildman–Crippen LogP) is 4.89. The average Bonchev–Trinajstić information content (AvgIpc) is 3.25. The summed E-state index contributed by atoms with van der Waals surface area (Å²) in [7, 11) is 0. The van der Waals surface area contributed by atoms with E-state index in [1.54, 1.807) is 36.7 Å². The second-order valence-corrected chi connectivity index (χ2v) is 10.3. The number of hydrogen-bond donors (Lipinski definition) is 2. The SMILES string of the molecule is O=C1NC(=O)/C(=C\c2ccnc(N3CCC(CNCc4cccnc4-c4cccc(C(F)(F)F)c4)CC3)n2)S1. The van der Waals surface area contributed by atoms with Gasteiger partial charge in [0.25, 0.3) is 11.1 Å². The molecule has 2 aromatic heterocycles. The Bertz CT molecular complexity index is 1410. The van der Waals surface area contributed by atoms with Crippen molar-refractivity contribution in [1.82, 2.24) is 25.6 Å². The monoisotopic (exact) mass is 554 g/mol. The fraction of sp³-hybridized carbons (Fsp3) is 0.296. The Morgan fingerprint density at radius 2 is 1.90 bits per heavy atom. The smallest absolute Gasteiger partial charge is 0.341 e. The summed E-state index contributed by atoms with van der Waals surface area (Å²) in [6.45, 7) is 2.79. The largest absolute Gasteiger partial charge is 0.416 e. The first-order valence-corrected chi connectivity index (χ1v) is 13.2. The van der Waals surface area contributed by atoms with Gasteiger partial charge in [0.15, 0.2) is 0 Å². The number of imide groups is 1. The van der Waals surface area contributed by atoms with Crippen LogP contribution in [0.1, 0.15) is 29.7 Å². The Labute approximate surface area is 227 Å². The number of pyridine rings is 1. The van der Waals surface area contributed by atoms with Crippen molar-refractivity contribution in [3.63, 3.8) is 0 Å². The van der Waals surface area contributed by atoms with Crippen LogP contribution in [0.3, 0.4) is 0 Å². The van der Waals surface area contributed by atoms with Crippen LogP contribution in [0.15, 0.2) is 59.8 Å². The lowest BCUT2D eigenvalue weighted by Gasteiger charge is -2.32. The molecule has 1 aromatic carbocycles. The van der Waals surface area contributed by atoms with Gasteiger partial charge in [-0.2, -0.15) is 13.2 Å². The minimum absolute atomic E-state index is 0.305. The quantitative estimate of drug-likeness (QED) is 0.399. The summed E-state index contributed by atoms with van der Waals surface area (Å²) in [5.74, 6) is 0.572. The third-order valence-corrected chi connectivity index (χ3v) is 7.40. The number of nitrogens with zero attached hydrogens (tertiary/aromatic N) is 4. The maximum atomic E-state index is 13.2. The van der Waals surface area contributed by atoms with Crippen LogP contribution in [0.5, 0.6) is 0 Å². The van der Waals surface area contributed by atoms with Crippen LogP contribution in [0.2, 0.25) is 0 Å². The standard InChI is InChI=1S/C27H25F3N6O2S/c28-27(29,30)20-5-1-3-18(13-20)23-19(4-2-9-32-23)16-31-15-17-7-11-36(12-8-17)25-33-10-6-21(34-25)14-22-24(37)35-26(38)39-22/h1-6,9-10,13-14,17,31H,7-8,11-12,15-16H2,(H,35,37,38)/b22-14+. The number of piperidine rings is 1. The molecular weight excluding hydrogens is 529 g/mol. The molecule has 2 saturated heterocycles. The van der Waals surface area contributed by atoms with Gasteiger partial charge >= 0.3 is 6.18 Å². The van der Waals surface area contributed by atoms with E-state index in [4.69, 9.17) is 0 Å². The normalized spacial score (nSPS) is 17.6. The van der Waals surface area contributed by atoms with Gasteiger partial charge < -0.3 is 10.2 Å². The number of halogens is 3. The minimum atomic E-state index is -4.41. The number of alkyl halides is 3. The van der Waals surface area contributed by atoms with E-state index in [-0.39, 0.29) is 0 Å². The Morgan fingerprint density at radius 3 is 2.64 bits per heavy atom. The molecular formula is C27H25F3N6O2S. The Morgan fingerprint density at radius 1 is 1.08 bits per heavy atom. The summed E-state index contributed by atoms with van der Waals surface area (Å²) in [4.78, 5) is 38.9. The van der Waals surface area contributed by atoms with E-state index in [1.807, 2.05) is 6.07 Å². The highest BCUT2D eigenvalue weighted by Gasteiger charge is 2.31. The highest BCUT2D eigenvalue weighted by molar-refractivity contribution is 8.18. The maximum absolute atomic E-state index is 13.2. The first-order chi connectivity index (χ1) is 18.8. The number of amides is 2. The molecule has 4 heterocycles. The Hall–Kier alpha value is -3.77. The van der Waals surface area contributed by atoms with Crippen molar-refractivity contribution in [3.8, 4) is 11.3 Å². The molecule has 3 aromatic rings. The van der Waals surface area contributed by atoms with E-state index in [0.717, 1.165) is 61.9 Å². The van der Waals surface area contributed by atoms with E-state index in [0.29, 0.717) is 40.3 Å². The molecule has 0 saturated carbocycles. The van der Waals surface area contributed by atoms with Crippen LogP contribution in [0.25, 0.3) is 17.3 Å². The second-order valence-electron chi connectivity index (χ2n) is 9.28. The third kappa shape index (κ3) is 6.63. The lowest BCUT2D eigenvalue weighted by Crippen LogP contribution is -2.38. The molecule has 2 N–H and O–H groups in total. The summed E-state index contributed by atoms with van der Waals surface area (Å²) < 4.78 is 39.6. The minimum Gasteiger partial charge on any atom is -0.341 e. The number of carbonyl (C=O) groups is 2. The van der Waals surface area contributed by atoms with Gasteiger partial charge in [-0.05, 0) is 73.0 Å².